The molecule has 1 aromatic carbocycles. The van der Waals surface area contributed by atoms with E-state index in [1.165, 1.54) is 43.4 Å². The van der Waals surface area contributed by atoms with Crippen LogP contribution in [0, 0.1) is 5.82 Å². The number of hydrogen-bond donors (Lipinski definition) is 2. The fourth-order valence-corrected chi connectivity index (χ4v) is 3.08. The van der Waals surface area contributed by atoms with E-state index >= 15 is 0 Å². The van der Waals surface area contributed by atoms with E-state index in [1.807, 2.05) is 0 Å². The second-order valence-corrected chi connectivity index (χ2v) is 7.08. The summed E-state index contributed by atoms with van der Waals surface area (Å²) in [6.45, 7) is 0.819. The quantitative estimate of drug-likeness (QED) is 0.442. The van der Waals surface area contributed by atoms with Gasteiger partial charge in [0.1, 0.15) is 17.7 Å². The first-order chi connectivity index (χ1) is 16.0. The average molecular weight is 461 g/mol. The van der Waals surface area contributed by atoms with Crippen LogP contribution in [-0.2, 0) is 23.9 Å². The monoisotopic (exact) mass is 460 g/mol. The fraction of sp³-hybridized carbons (Fsp3) is 0.391. The minimum absolute atomic E-state index is 0.0969. The Morgan fingerprint density at radius 1 is 1.03 bits per heavy atom. The second-order valence-electron chi connectivity index (χ2n) is 7.08. The number of pyridine rings is 1. The second kappa shape index (κ2) is 13.9. The van der Waals surface area contributed by atoms with Crippen molar-refractivity contribution in [1.29, 1.82) is 0 Å². The van der Waals surface area contributed by atoms with Gasteiger partial charge >= 0.3 is 0 Å². The van der Waals surface area contributed by atoms with Crippen LogP contribution in [-0.4, -0.2) is 68.1 Å². The standard InChI is InChI=1S/C23H29FN4O5/c1-32-15-13-26-23(31)22(17-6-8-18(24)9-7-17)28(14-16-33-2)21(30)11-10-20(29)27-19-5-3-4-12-25-19/h3-9,12,22H,10-11,13-16H2,1-2H3,(H,26,31)(H,25,27,29)/t22-/m0/s1. The number of ether oxygens (including phenoxy) is 2. The molecule has 2 aromatic rings. The molecule has 3 amide bonds. The van der Waals surface area contributed by atoms with Gasteiger partial charge in [0.05, 0.1) is 13.2 Å². The Hall–Kier alpha value is -3.37. The molecule has 33 heavy (non-hydrogen) atoms. The van der Waals surface area contributed by atoms with Crippen molar-refractivity contribution < 1.29 is 28.2 Å². The van der Waals surface area contributed by atoms with Crippen LogP contribution in [0.15, 0.2) is 48.7 Å². The molecular formula is C23H29FN4O5. The zero-order valence-corrected chi connectivity index (χ0v) is 18.8. The maximum atomic E-state index is 13.5. The van der Waals surface area contributed by atoms with Crippen LogP contribution in [0.3, 0.4) is 0 Å². The molecule has 0 saturated carbocycles. The maximum Gasteiger partial charge on any atom is 0.247 e. The molecule has 0 radical (unpaired) electrons. The summed E-state index contributed by atoms with van der Waals surface area (Å²) in [6, 6.07) is 9.43. The number of carbonyl (C=O) groups is 3. The third kappa shape index (κ3) is 8.59. The number of rotatable bonds is 13. The molecule has 10 heteroatoms. The topological polar surface area (TPSA) is 110 Å². The zero-order valence-electron chi connectivity index (χ0n) is 18.8. The number of benzene rings is 1. The molecule has 1 atom stereocenters. The van der Waals surface area contributed by atoms with E-state index in [4.69, 9.17) is 9.47 Å². The van der Waals surface area contributed by atoms with Crippen molar-refractivity contribution in [2.75, 3.05) is 45.8 Å². The Kier molecular flexibility index (Phi) is 10.9. The third-order valence-corrected chi connectivity index (χ3v) is 4.71. The first-order valence-corrected chi connectivity index (χ1v) is 10.5. The van der Waals surface area contributed by atoms with Gasteiger partial charge in [-0.1, -0.05) is 18.2 Å². The summed E-state index contributed by atoms with van der Waals surface area (Å²) < 4.78 is 23.6. The number of hydrogen-bond acceptors (Lipinski definition) is 6. The molecule has 0 aliphatic heterocycles. The number of carbonyl (C=O) groups excluding carboxylic acids is 3. The lowest BCUT2D eigenvalue weighted by molar-refractivity contribution is -0.142. The van der Waals surface area contributed by atoms with Gasteiger partial charge in [-0.15, -0.1) is 0 Å². The van der Waals surface area contributed by atoms with Crippen molar-refractivity contribution in [3.8, 4) is 0 Å². The van der Waals surface area contributed by atoms with E-state index in [0.717, 1.165) is 0 Å². The van der Waals surface area contributed by atoms with E-state index in [1.54, 1.807) is 24.4 Å². The Balaban J connectivity index is 2.17. The van der Waals surface area contributed by atoms with Gasteiger partial charge in [-0.25, -0.2) is 9.37 Å². The highest BCUT2D eigenvalue weighted by atomic mass is 19.1. The van der Waals surface area contributed by atoms with Crippen LogP contribution in [0.1, 0.15) is 24.4 Å². The number of nitrogens with one attached hydrogen (secondary N) is 2. The average Bonchev–Trinajstić information content (AvgIpc) is 2.82. The van der Waals surface area contributed by atoms with Gasteiger partial charge in [-0.2, -0.15) is 0 Å². The summed E-state index contributed by atoms with van der Waals surface area (Å²) in [7, 11) is 2.99. The van der Waals surface area contributed by atoms with Gasteiger partial charge in [-0.3, -0.25) is 14.4 Å². The van der Waals surface area contributed by atoms with Crippen molar-refractivity contribution in [2.45, 2.75) is 18.9 Å². The van der Waals surface area contributed by atoms with Gasteiger partial charge in [0.2, 0.25) is 17.7 Å². The third-order valence-electron chi connectivity index (χ3n) is 4.71. The van der Waals surface area contributed by atoms with Gasteiger partial charge in [0.15, 0.2) is 0 Å². The van der Waals surface area contributed by atoms with Crippen molar-refractivity contribution in [3.63, 3.8) is 0 Å². The molecule has 0 saturated heterocycles. The van der Waals surface area contributed by atoms with E-state index in [0.29, 0.717) is 18.0 Å². The molecule has 2 N–H and O–H groups in total. The molecule has 0 spiro atoms. The highest BCUT2D eigenvalue weighted by Gasteiger charge is 2.31. The molecule has 0 aliphatic carbocycles. The van der Waals surface area contributed by atoms with Crippen LogP contribution < -0.4 is 10.6 Å². The molecule has 0 bridgehead atoms. The van der Waals surface area contributed by atoms with Crippen molar-refractivity contribution in [3.05, 3.63) is 60.0 Å². The number of halogens is 1. The molecule has 1 aromatic heterocycles. The lowest BCUT2D eigenvalue weighted by Crippen LogP contribution is -2.45. The smallest absolute Gasteiger partial charge is 0.247 e. The maximum absolute atomic E-state index is 13.5. The van der Waals surface area contributed by atoms with Crippen LogP contribution >= 0.6 is 0 Å². The SMILES string of the molecule is COCCNC(=O)[C@H](c1ccc(F)cc1)N(CCOC)C(=O)CCC(=O)Nc1ccccn1. The predicted octanol–water partition coefficient (Wildman–Crippen LogP) is 1.92. The van der Waals surface area contributed by atoms with Crippen molar-refractivity contribution in [2.24, 2.45) is 0 Å². The Bertz CT molecular complexity index is 895. The summed E-state index contributed by atoms with van der Waals surface area (Å²) in [5, 5.41) is 5.35. The number of aromatic nitrogens is 1. The number of nitrogens with zero attached hydrogens (tertiary/aromatic N) is 2. The van der Waals surface area contributed by atoms with Gasteiger partial charge in [0.25, 0.3) is 0 Å². The predicted molar refractivity (Wildman–Crippen MR) is 120 cm³/mol. The van der Waals surface area contributed by atoms with Gasteiger partial charge in [-0.05, 0) is 29.8 Å². The fourth-order valence-electron chi connectivity index (χ4n) is 3.08. The minimum atomic E-state index is -1.02. The molecule has 178 valence electrons. The molecule has 0 aliphatic rings. The van der Waals surface area contributed by atoms with Crippen molar-refractivity contribution in [1.82, 2.24) is 15.2 Å². The first-order valence-electron chi connectivity index (χ1n) is 10.5. The summed E-state index contributed by atoms with van der Waals surface area (Å²) in [5.74, 6) is -1.32. The highest BCUT2D eigenvalue weighted by Crippen LogP contribution is 2.23. The zero-order chi connectivity index (χ0) is 24.1. The lowest BCUT2D eigenvalue weighted by Gasteiger charge is -2.31. The van der Waals surface area contributed by atoms with E-state index in [-0.39, 0.29) is 38.4 Å². The van der Waals surface area contributed by atoms with Crippen LogP contribution in [0.2, 0.25) is 0 Å². The van der Waals surface area contributed by atoms with Crippen LogP contribution in [0.5, 0.6) is 0 Å². The summed E-state index contributed by atoms with van der Waals surface area (Å²) >= 11 is 0. The van der Waals surface area contributed by atoms with Crippen molar-refractivity contribution >= 4 is 23.5 Å². The van der Waals surface area contributed by atoms with Gasteiger partial charge in [0, 0.05) is 46.3 Å². The first kappa shape index (κ1) is 25.9. The number of amides is 3. The summed E-state index contributed by atoms with van der Waals surface area (Å²) in [5.41, 5.74) is 0.439. The summed E-state index contributed by atoms with van der Waals surface area (Å²) in [4.78, 5) is 43.7. The largest absolute Gasteiger partial charge is 0.383 e. The Morgan fingerprint density at radius 2 is 1.76 bits per heavy atom. The molecular weight excluding hydrogens is 431 g/mol. The van der Waals surface area contributed by atoms with E-state index in [9.17, 15) is 18.8 Å². The molecule has 2 rings (SSSR count). The highest BCUT2D eigenvalue weighted by molar-refractivity contribution is 5.94. The molecule has 1 heterocycles. The Morgan fingerprint density at radius 3 is 2.39 bits per heavy atom. The normalized spacial score (nSPS) is 11.5. The number of methoxy groups -OCH3 is 2. The number of anilines is 1. The van der Waals surface area contributed by atoms with Gasteiger partial charge < -0.3 is 25.0 Å². The Labute approximate surface area is 192 Å². The van der Waals surface area contributed by atoms with E-state index < -0.39 is 23.7 Å². The molecule has 0 fully saturated rings. The summed E-state index contributed by atoms with van der Waals surface area (Å²) in [6.07, 6.45) is 1.31. The van der Waals surface area contributed by atoms with Crippen LogP contribution in [0.25, 0.3) is 0 Å². The lowest BCUT2D eigenvalue weighted by atomic mass is 10.0. The van der Waals surface area contributed by atoms with E-state index in [2.05, 4.69) is 15.6 Å². The minimum Gasteiger partial charge on any atom is -0.383 e. The molecule has 0 unspecified atom stereocenters. The van der Waals surface area contributed by atoms with Crippen LogP contribution in [0.4, 0.5) is 10.2 Å². The molecule has 9 nitrogen and oxygen atoms in total.